The fourth-order valence-electron chi connectivity index (χ4n) is 2.48. The van der Waals surface area contributed by atoms with Crippen molar-refractivity contribution in [1.29, 1.82) is 0 Å². The normalized spacial score (nSPS) is 12.8. The van der Waals surface area contributed by atoms with E-state index in [0.717, 1.165) is 42.1 Å². The summed E-state index contributed by atoms with van der Waals surface area (Å²) in [6.45, 7) is 12.0. The maximum absolute atomic E-state index is 10.8. The van der Waals surface area contributed by atoms with Crippen molar-refractivity contribution in [2.75, 3.05) is 25.5 Å². The summed E-state index contributed by atoms with van der Waals surface area (Å²) in [5, 5.41) is 2.73. The summed E-state index contributed by atoms with van der Waals surface area (Å²) in [5.41, 5.74) is 3.00. The summed E-state index contributed by atoms with van der Waals surface area (Å²) < 4.78 is 5.08. The molecule has 0 radical (unpaired) electrons. The molecule has 0 heterocycles. The number of carbonyl (C=O) groups is 1. The van der Waals surface area contributed by atoms with Crippen molar-refractivity contribution in [3.8, 4) is 5.75 Å². The van der Waals surface area contributed by atoms with Crippen LogP contribution in [0.15, 0.2) is 58.5 Å². The van der Waals surface area contributed by atoms with E-state index in [-0.39, 0.29) is 5.91 Å². The second-order valence-corrected chi connectivity index (χ2v) is 8.09. The monoisotopic (exact) mass is 437 g/mol. The number of ether oxygens (including phenoxy) is 1. The quantitative estimate of drug-likeness (QED) is 0.445. The van der Waals surface area contributed by atoms with Crippen LogP contribution in [-0.4, -0.2) is 38.5 Å². The van der Waals surface area contributed by atoms with Gasteiger partial charge in [-0.25, -0.2) is 0 Å². The van der Waals surface area contributed by atoms with E-state index in [1.54, 1.807) is 7.11 Å². The van der Waals surface area contributed by atoms with Gasteiger partial charge in [-0.05, 0) is 59.4 Å². The maximum Gasteiger partial charge on any atom is 0.221 e. The molecule has 2 unspecified atom stereocenters. The highest BCUT2D eigenvalue weighted by Crippen LogP contribution is 2.10. The Kier molecular flexibility index (Phi) is 13.4. The van der Waals surface area contributed by atoms with Gasteiger partial charge in [0, 0.05) is 38.1 Å². The van der Waals surface area contributed by atoms with Crippen LogP contribution in [-0.2, 0) is 4.79 Å². The second kappa shape index (κ2) is 15.8. The first-order valence-electron chi connectivity index (χ1n) is 11.4. The Morgan fingerprint density at radius 1 is 0.875 bits per heavy atom. The predicted octanol–water partition coefficient (Wildman–Crippen LogP) is 6.27. The summed E-state index contributed by atoms with van der Waals surface area (Å²) in [6.07, 6.45) is 6.13. The maximum atomic E-state index is 10.8. The Hall–Kier alpha value is -2.95. The van der Waals surface area contributed by atoms with E-state index in [4.69, 9.17) is 4.74 Å². The molecule has 0 aliphatic rings. The van der Waals surface area contributed by atoms with Crippen LogP contribution in [0.2, 0.25) is 0 Å². The number of anilines is 1. The molecule has 2 atom stereocenters. The molecule has 0 saturated heterocycles. The van der Waals surface area contributed by atoms with Crippen molar-refractivity contribution < 1.29 is 9.53 Å². The van der Waals surface area contributed by atoms with Gasteiger partial charge < -0.3 is 10.1 Å². The zero-order valence-corrected chi connectivity index (χ0v) is 20.5. The van der Waals surface area contributed by atoms with Crippen molar-refractivity contribution in [3.05, 3.63) is 59.7 Å². The van der Waals surface area contributed by atoms with E-state index < -0.39 is 0 Å². The van der Waals surface area contributed by atoms with E-state index >= 15 is 0 Å². The van der Waals surface area contributed by atoms with Gasteiger partial charge in [0.25, 0.3) is 0 Å². The molecule has 0 bridgehead atoms. The van der Waals surface area contributed by atoms with Gasteiger partial charge in [0.15, 0.2) is 0 Å². The lowest BCUT2D eigenvalue weighted by molar-refractivity contribution is -0.114. The Morgan fingerprint density at radius 3 is 1.69 bits per heavy atom. The highest BCUT2D eigenvalue weighted by molar-refractivity contribution is 5.89. The van der Waals surface area contributed by atoms with Gasteiger partial charge in [0.2, 0.25) is 5.91 Å². The first kappa shape index (κ1) is 27.1. The van der Waals surface area contributed by atoms with E-state index in [2.05, 4.69) is 43.0 Å². The van der Waals surface area contributed by atoms with Gasteiger partial charge in [-0.15, -0.1) is 0 Å². The lowest BCUT2D eigenvalue weighted by atomic mass is 10.1. The number of hydrogen-bond donors (Lipinski definition) is 1. The molecule has 32 heavy (non-hydrogen) atoms. The number of methoxy groups -OCH3 is 1. The minimum absolute atomic E-state index is 0.0526. The van der Waals surface area contributed by atoms with Gasteiger partial charge in [0.05, 0.1) is 7.11 Å². The number of carbonyl (C=O) groups excluding carboxylic acids is 1. The zero-order valence-electron chi connectivity index (χ0n) is 20.5. The van der Waals surface area contributed by atoms with Crippen molar-refractivity contribution >= 4 is 24.0 Å². The number of nitrogens with one attached hydrogen (secondary N) is 1. The molecule has 1 amide bonds. The molecular formula is C27H39N3O2. The first-order valence-corrected chi connectivity index (χ1v) is 11.4. The Morgan fingerprint density at radius 2 is 1.31 bits per heavy atom. The predicted molar refractivity (Wildman–Crippen MR) is 138 cm³/mol. The summed E-state index contributed by atoms with van der Waals surface area (Å²) in [6, 6.07) is 15.6. The number of amides is 1. The van der Waals surface area contributed by atoms with Gasteiger partial charge >= 0.3 is 0 Å². The number of rotatable bonds is 10. The molecule has 174 valence electrons. The molecule has 0 aliphatic carbocycles. The highest BCUT2D eigenvalue weighted by atomic mass is 16.5. The summed E-state index contributed by atoms with van der Waals surface area (Å²) in [7, 11) is 1.67. The van der Waals surface area contributed by atoms with Crippen molar-refractivity contribution in [1.82, 2.24) is 0 Å². The second-order valence-electron chi connectivity index (χ2n) is 8.09. The van der Waals surface area contributed by atoms with Crippen LogP contribution >= 0.6 is 0 Å². The summed E-state index contributed by atoms with van der Waals surface area (Å²) in [5.74, 6) is 2.13. The summed E-state index contributed by atoms with van der Waals surface area (Å²) in [4.78, 5) is 19.6. The third-order valence-corrected chi connectivity index (χ3v) is 5.06. The lowest BCUT2D eigenvalue weighted by Gasteiger charge is -2.03. The topological polar surface area (TPSA) is 63.0 Å². The molecule has 5 nitrogen and oxygen atoms in total. The van der Waals surface area contributed by atoms with Gasteiger partial charge in [-0.3, -0.25) is 14.8 Å². The molecule has 2 aromatic rings. The van der Waals surface area contributed by atoms with Crippen LogP contribution in [0.3, 0.4) is 0 Å². The number of hydrogen-bond acceptors (Lipinski definition) is 4. The molecule has 0 saturated carbocycles. The standard InChI is InChI=1S/C14H20N2O.C13H19NO/c1-4-11(2)9-15-10-13-5-7-14(8-6-13)16-12(3)17;1-4-11(2)9-14-10-12-5-7-13(15-3)8-6-12/h5-8,10-11H,4,9H2,1-3H3,(H,16,17);5-8,10-11H,4,9H2,1-3H3. The number of aliphatic imine (C=N–C) groups is 2. The first-order chi connectivity index (χ1) is 15.4. The van der Waals surface area contributed by atoms with Crippen molar-refractivity contribution in [2.45, 2.75) is 47.5 Å². The fraction of sp³-hybridized carbons (Fsp3) is 0.444. The van der Waals surface area contributed by atoms with Crippen LogP contribution in [0.1, 0.15) is 58.6 Å². The van der Waals surface area contributed by atoms with Gasteiger partial charge in [-0.2, -0.15) is 0 Å². The van der Waals surface area contributed by atoms with Crippen LogP contribution in [0.4, 0.5) is 5.69 Å². The van der Waals surface area contributed by atoms with Gasteiger partial charge in [-0.1, -0.05) is 52.7 Å². The molecule has 2 aromatic carbocycles. The van der Waals surface area contributed by atoms with E-state index in [9.17, 15) is 4.79 Å². The average molecular weight is 438 g/mol. The molecule has 5 heteroatoms. The number of nitrogens with zero attached hydrogens (tertiary/aromatic N) is 2. The zero-order chi connectivity index (χ0) is 23.8. The Balaban J connectivity index is 0.000000323. The minimum Gasteiger partial charge on any atom is -0.497 e. The number of benzene rings is 2. The average Bonchev–Trinajstić information content (AvgIpc) is 2.80. The molecule has 0 aliphatic heterocycles. The van der Waals surface area contributed by atoms with Crippen LogP contribution in [0.25, 0.3) is 0 Å². The Bertz CT molecular complexity index is 827. The fourth-order valence-corrected chi connectivity index (χ4v) is 2.48. The molecule has 1 N–H and O–H groups in total. The molecule has 0 fully saturated rings. The summed E-state index contributed by atoms with van der Waals surface area (Å²) >= 11 is 0. The SMILES string of the molecule is CCC(C)CN=Cc1ccc(NC(C)=O)cc1.CCC(C)CN=Cc1ccc(OC)cc1. The third kappa shape index (κ3) is 12.0. The van der Waals surface area contributed by atoms with E-state index in [0.29, 0.717) is 11.8 Å². The highest BCUT2D eigenvalue weighted by Gasteiger charge is 1.97. The van der Waals surface area contributed by atoms with E-state index in [1.807, 2.05) is 61.0 Å². The molecule has 0 spiro atoms. The van der Waals surface area contributed by atoms with Crippen LogP contribution in [0, 0.1) is 11.8 Å². The van der Waals surface area contributed by atoms with Crippen LogP contribution in [0.5, 0.6) is 5.75 Å². The third-order valence-electron chi connectivity index (χ3n) is 5.06. The minimum atomic E-state index is -0.0526. The van der Waals surface area contributed by atoms with E-state index in [1.165, 1.54) is 13.3 Å². The lowest BCUT2D eigenvalue weighted by Crippen LogP contribution is -2.05. The van der Waals surface area contributed by atoms with Crippen molar-refractivity contribution in [3.63, 3.8) is 0 Å². The Labute approximate surface area is 194 Å². The van der Waals surface area contributed by atoms with Crippen molar-refractivity contribution in [2.24, 2.45) is 21.8 Å². The molecule has 0 aromatic heterocycles. The molecule has 2 rings (SSSR count). The largest absolute Gasteiger partial charge is 0.497 e. The molecular weight excluding hydrogens is 398 g/mol. The van der Waals surface area contributed by atoms with Gasteiger partial charge in [0.1, 0.15) is 5.75 Å². The van der Waals surface area contributed by atoms with Crippen LogP contribution < -0.4 is 10.1 Å². The smallest absolute Gasteiger partial charge is 0.221 e.